The monoisotopic (exact) mass is 449 g/mol. The van der Waals surface area contributed by atoms with Gasteiger partial charge in [0.2, 0.25) is 5.91 Å². The van der Waals surface area contributed by atoms with Crippen LogP contribution >= 0.6 is 0 Å². The largest absolute Gasteiger partial charge is 0.607 e. The maximum Gasteiger partial charge on any atom is 0.357 e. The summed E-state index contributed by atoms with van der Waals surface area (Å²) >= 11 is -1.64. The Kier molecular flexibility index (Phi) is 6.01. The second-order valence-corrected chi connectivity index (χ2v) is 15.9. The number of aliphatic carboxylic acids is 1. The number of carboxylic acids is 1. The van der Waals surface area contributed by atoms with E-state index in [1.807, 2.05) is 19.9 Å². The van der Waals surface area contributed by atoms with Gasteiger partial charge in [-0.2, -0.15) is 0 Å². The second kappa shape index (κ2) is 7.82. The molecule has 1 fully saturated rings. The number of carboxylic acid groups (broad SMARTS) is 1. The van der Waals surface area contributed by atoms with Crippen molar-refractivity contribution in [3.63, 3.8) is 0 Å². The van der Waals surface area contributed by atoms with Gasteiger partial charge in [-0.15, -0.1) is 0 Å². The average molecular weight is 450 g/mol. The van der Waals surface area contributed by atoms with E-state index in [4.69, 9.17) is 4.43 Å². The molecule has 0 bridgehead atoms. The molecule has 30 heavy (non-hydrogen) atoms. The van der Waals surface area contributed by atoms with E-state index in [9.17, 15) is 19.2 Å². The van der Waals surface area contributed by atoms with E-state index in [0.717, 1.165) is 0 Å². The molecule has 0 radical (unpaired) electrons. The number of carbonyl (C=O) groups is 2. The van der Waals surface area contributed by atoms with E-state index in [0.29, 0.717) is 9.80 Å². The SMILES string of the molecule is C[C@@H](O[Si](C)(C)C(C)(C)C)[C@H]1C(=O)N2C(C(=O)O)=C([S+]([O-])c3ccccc3)[C@H](C)[C@H]12. The molecule has 3 rings (SSSR count). The first-order valence-electron chi connectivity index (χ1n) is 10.2. The number of nitrogens with zero attached hydrogens (tertiary/aromatic N) is 1. The Morgan fingerprint density at radius 2 is 1.83 bits per heavy atom. The smallest absolute Gasteiger partial charge is 0.357 e. The van der Waals surface area contributed by atoms with Crippen LogP contribution in [-0.2, 0) is 25.2 Å². The molecule has 2 aliphatic heterocycles. The first kappa shape index (κ1) is 23.1. The zero-order valence-electron chi connectivity index (χ0n) is 18.6. The van der Waals surface area contributed by atoms with Crippen LogP contribution in [0.1, 0.15) is 34.6 Å². The van der Waals surface area contributed by atoms with Gasteiger partial charge < -0.3 is 14.1 Å². The van der Waals surface area contributed by atoms with Crippen molar-refractivity contribution < 1.29 is 23.7 Å². The van der Waals surface area contributed by atoms with Gasteiger partial charge in [0.15, 0.2) is 23.8 Å². The van der Waals surface area contributed by atoms with Crippen LogP contribution in [0.4, 0.5) is 0 Å². The van der Waals surface area contributed by atoms with E-state index in [1.165, 1.54) is 4.90 Å². The number of carbonyl (C=O) groups excluding carboxylic acids is 1. The number of amides is 1. The van der Waals surface area contributed by atoms with Crippen LogP contribution in [0.5, 0.6) is 0 Å². The summed E-state index contributed by atoms with van der Waals surface area (Å²) in [4.78, 5) is 27.3. The standard InChI is InChI=1S/C22H31NO5SSi/c1-13-17-16(14(2)28-30(6,7)22(3,4)5)20(24)23(17)18(21(25)26)19(13)29(27)15-11-9-8-10-12-15/h8-14,16-17H,1-7H3,(H,25,26)/t13-,14-,16-,17-,29?/m1/s1. The first-order chi connectivity index (χ1) is 13.8. The topological polar surface area (TPSA) is 89.9 Å². The van der Waals surface area contributed by atoms with E-state index in [-0.39, 0.29) is 34.7 Å². The van der Waals surface area contributed by atoms with Gasteiger partial charge in [0.25, 0.3) is 0 Å². The molecule has 1 amide bonds. The predicted molar refractivity (Wildman–Crippen MR) is 119 cm³/mol. The lowest BCUT2D eigenvalue weighted by Gasteiger charge is -2.49. The molecule has 0 saturated carbocycles. The molecular weight excluding hydrogens is 418 g/mol. The molecule has 2 aliphatic rings. The quantitative estimate of drug-likeness (QED) is 0.403. The molecule has 5 atom stereocenters. The Morgan fingerprint density at radius 1 is 1.27 bits per heavy atom. The van der Waals surface area contributed by atoms with Crippen molar-refractivity contribution in [1.82, 2.24) is 4.90 Å². The van der Waals surface area contributed by atoms with Gasteiger partial charge in [-0.1, -0.05) is 45.9 Å². The molecule has 2 heterocycles. The average Bonchev–Trinajstić information content (AvgIpc) is 2.89. The van der Waals surface area contributed by atoms with Crippen molar-refractivity contribution in [1.29, 1.82) is 0 Å². The van der Waals surface area contributed by atoms with Crippen molar-refractivity contribution in [2.45, 2.75) is 69.8 Å². The highest BCUT2D eigenvalue weighted by molar-refractivity contribution is 7.95. The summed E-state index contributed by atoms with van der Waals surface area (Å²) in [5, 5.41) is 9.84. The van der Waals surface area contributed by atoms with Crippen LogP contribution in [0.2, 0.25) is 18.1 Å². The minimum atomic E-state index is -2.10. The molecule has 8 heteroatoms. The molecule has 164 valence electrons. The van der Waals surface area contributed by atoms with Gasteiger partial charge in [0.05, 0.1) is 24.0 Å². The minimum Gasteiger partial charge on any atom is -0.607 e. The zero-order chi connectivity index (χ0) is 22.6. The van der Waals surface area contributed by atoms with Crippen LogP contribution in [-0.4, -0.2) is 46.9 Å². The lowest BCUT2D eigenvalue weighted by molar-refractivity contribution is -0.162. The Labute approximate surface area is 182 Å². The van der Waals surface area contributed by atoms with Gasteiger partial charge in [0, 0.05) is 11.2 Å². The lowest BCUT2D eigenvalue weighted by Crippen LogP contribution is -2.65. The third kappa shape index (κ3) is 3.64. The second-order valence-electron chi connectivity index (χ2n) is 9.70. The van der Waals surface area contributed by atoms with Crippen LogP contribution in [0, 0.1) is 11.8 Å². The van der Waals surface area contributed by atoms with Crippen LogP contribution in [0.3, 0.4) is 0 Å². The van der Waals surface area contributed by atoms with Gasteiger partial charge >= 0.3 is 5.97 Å². The number of benzene rings is 1. The Morgan fingerprint density at radius 3 is 2.33 bits per heavy atom. The van der Waals surface area contributed by atoms with Gasteiger partial charge in [-0.25, -0.2) is 4.79 Å². The fourth-order valence-electron chi connectivity index (χ4n) is 4.14. The van der Waals surface area contributed by atoms with Crippen LogP contribution in [0.15, 0.2) is 45.8 Å². The summed E-state index contributed by atoms with van der Waals surface area (Å²) in [5.74, 6) is -2.23. The van der Waals surface area contributed by atoms with E-state index in [1.54, 1.807) is 24.3 Å². The number of fused-ring (bicyclic) bond motifs is 1. The molecule has 1 N–H and O–H groups in total. The van der Waals surface area contributed by atoms with Crippen molar-refractivity contribution in [2.24, 2.45) is 11.8 Å². The zero-order valence-corrected chi connectivity index (χ0v) is 20.4. The Hall–Kier alpha value is -1.61. The summed E-state index contributed by atoms with van der Waals surface area (Å²) in [7, 11) is -2.10. The van der Waals surface area contributed by atoms with E-state index < -0.39 is 31.4 Å². The number of hydrogen-bond acceptors (Lipinski definition) is 4. The molecule has 1 aromatic carbocycles. The number of β-lactam (4-membered cyclic amide) rings is 1. The summed E-state index contributed by atoms with van der Waals surface area (Å²) in [6.07, 6.45) is -0.332. The van der Waals surface area contributed by atoms with E-state index >= 15 is 0 Å². The minimum absolute atomic E-state index is 0.000521. The predicted octanol–water partition coefficient (Wildman–Crippen LogP) is 3.98. The lowest BCUT2D eigenvalue weighted by atomic mass is 9.79. The highest BCUT2D eigenvalue weighted by Crippen LogP contribution is 2.51. The molecule has 1 saturated heterocycles. The normalized spacial score (nSPS) is 26.3. The summed E-state index contributed by atoms with van der Waals surface area (Å²) in [6.45, 7) is 14.5. The van der Waals surface area contributed by atoms with Crippen LogP contribution in [0.25, 0.3) is 0 Å². The molecule has 0 aromatic heterocycles. The third-order valence-electron chi connectivity index (χ3n) is 6.74. The Balaban J connectivity index is 1.91. The molecule has 1 aromatic rings. The van der Waals surface area contributed by atoms with E-state index in [2.05, 4.69) is 33.9 Å². The molecular formula is C22H31NO5SSi. The summed E-state index contributed by atoms with van der Waals surface area (Å²) in [5.41, 5.74) is -0.129. The van der Waals surface area contributed by atoms with Crippen molar-refractivity contribution in [2.75, 3.05) is 0 Å². The van der Waals surface area contributed by atoms with Crippen molar-refractivity contribution >= 4 is 31.4 Å². The summed E-state index contributed by atoms with van der Waals surface area (Å²) < 4.78 is 19.7. The molecule has 6 nitrogen and oxygen atoms in total. The van der Waals surface area contributed by atoms with Gasteiger partial charge in [0.1, 0.15) is 0 Å². The van der Waals surface area contributed by atoms with Crippen molar-refractivity contribution in [3.8, 4) is 0 Å². The third-order valence-corrected chi connectivity index (χ3v) is 13.0. The number of rotatable bonds is 6. The Bertz CT molecular complexity index is 879. The first-order valence-corrected chi connectivity index (χ1v) is 14.3. The fraction of sp³-hybridized carbons (Fsp3) is 0.545. The maximum absolute atomic E-state index is 13.3. The van der Waals surface area contributed by atoms with Crippen LogP contribution < -0.4 is 0 Å². The molecule has 0 spiro atoms. The highest BCUT2D eigenvalue weighted by Gasteiger charge is 2.63. The molecule has 0 aliphatic carbocycles. The summed E-state index contributed by atoms with van der Waals surface area (Å²) in [6, 6.07) is 8.45. The highest BCUT2D eigenvalue weighted by atomic mass is 32.2. The molecule has 1 unspecified atom stereocenters. The fourth-order valence-corrected chi connectivity index (χ4v) is 7.07. The van der Waals surface area contributed by atoms with Crippen molar-refractivity contribution in [3.05, 3.63) is 40.9 Å². The van der Waals surface area contributed by atoms with Gasteiger partial charge in [-0.05, 0) is 37.2 Å². The van der Waals surface area contributed by atoms with Gasteiger partial charge in [-0.3, -0.25) is 9.69 Å². The maximum atomic E-state index is 13.3. The number of hydrogen-bond donors (Lipinski definition) is 1.